The molecule has 10 heteroatoms. The van der Waals surface area contributed by atoms with Gasteiger partial charge in [0.05, 0.1) is 18.0 Å². The molecule has 9 nitrogen and oxygen atoms in total. The van der Waals surface area contributed by atoms with Crippen LogP contribution in [-0.4, -0.2) is 61.6 Å². The molecule has 1 aliphatic rings. The maximum atomic E-state index is 12.2. The van der Waals surface area contributed by atoms with E-state index in [-0.39, 0.29) is 17.6 Å². The molecular weight excluding hydrogens is 476 g/mol. The minimum Gasteiger partial charge on any atom is -0.377 e. The number of anilines is 4. The molecule has 2 atom stereocenters. The van der Waals surface area contributed by atoms with Crippen LogP contribution in [0.25, 0.3) is 10.9 Å². The lowest BCUT2D eigenvalue weighted by atomic mass is 9.96. The number of aromatic nitrogens is 2. The van der Waals surface area contributed by atoms with E-state index in [1.54, 1.807) is 12.1 Å². The molecule has 2 unspecified atom stereocenters. The van der Waals surface area contributed by atoms with Crippen molar-refractivity contribution in [2.24, 2.45) is 0 Å². The fourth-order valence-electron chi connectivity index (χ4n) is 4.95. The molecule has 0 amide bonds. The molecule has 194 valence electrons. The standard InChI is InChI=1S/C26H36N6O3S/c1-6-31(25-23(8-7-12-27-25)29-26(2,3)4)20-11-13-32(21(16-20)17-33)24-15-18-14-19(30-36(5,34)35)9-10-22(18)28-24/h7-10,12,14-15,17,20-21,28-30H,6,11,13,16H2,1-5H3. The number of pyridine rings is 1. The maximum absolute atomic E-state index is 12.2. The molecule has 3 heterocycles. The summed E-state index contributed by atoms with van der Waals surface area (Å²) in [6, 6.07) is 11.2. The number of piperidine rings is 1. The Morgan fingerprint density at radius 3 is 2.69 bits per heavy atom. The van der Waals surface area contributed by atoms with Crippen LogP contribution in [0.2, 0.25) is 0 Å². The van der Waals surface area contributed by atoms with E-state index in [9.17, 15) is 13.2 Å². The van der Waals surface area contributed by atoms with Crippen LogP contribution < -0.4 is 19.8 Å². The zero-order valence-corrected chi connectivity index (χ0v) is 22.4. The first-order chi connectivity index (χ1) is 17.0. The Hall–Kier alpha value is -3.27. The van der Waals surface area contributed by atoms with Crippen molar-refractivity contribution in [1.82, 2.24) is 9.97 Å². The number of carbonyl (C=O) groups is 1. The smallest absolute Gasteiger partial charge is 0.229 e. The number of carbonyl (C=O) groups excluding carboxylic acids is 1. The van der Waals surface area contributed by atoms with Gasteiger partial charge in [0, 0.05) is 47.5 Å². The summed E-state index contributed by atoms with van der Waals surface area (Å²) >= 11 is 0. The molecule has 3 aromatic rings. The number of fused-ring (bicyclic) bond motifs is 1. The van der Waals surface area contributed by atoms with Crippen molar-refractivity contribution >= 4 is 50.2 Å². The second-order valence-corrected chi connectivity index (χ2v) is 12.2. The number of H-pyrrole nitrogens is 1. The summed E-state index contributed by atoms with van der Waals surface area (Å²) in [6.07, 6.45) is 5.52. The molecule has 3 N–H and O–H groups in total. The molecule has 1 aliphatic heterocycles. The van der Waals surface area contributed by atoms with Gasteiger partial charge in [0.1, 0.15) is 12.1 Å². The highest BCUT2D eigenvalue weighted by Gasteiger charge is 2.33. The predicted molar refractivity (Wildman–Crippen MR) is 148 cm³/mol. The van der Waals surface area contributed by atoms with E-state index >= 15 is 0 Å². The van der Waals surface area contributed by atoms with Crippen LogP contribution in [0.4, 0.5) is 23.0 Å². The third-order valence-electron chi connectivity index (χ3n) is 6.34. The van der Waals surface area contributed by atoms with E-state index in [0.717, 1.165) is 53.7 Å². The Morgan fingerprint density at radius 1 is 1.25 bits per heavy atom. The van der Waals surface area contributed by atoms with Crippen molar-refractivity contribution in [2.75, 3.05) is 39.2 Å². The largest absolute Gasteiger partial charge is 0.377 e. The first-order valence-electron chi connectivity index (χ1n) is 12.3. The zero-order chi connectivity index (χ0) is 26.1. The number of hydrogen-bond donors (Lipinski definition) is 3. The Kier molecular flexibility index (Phi) is 7.17. The number of hydrogen-bond acceptors (Lipinski definition) is 7. The lowest BCUT2D eigenvalue weighted by molar-refractivity contribution is -0.109. The van der Waals surface area contributed by atoms with E-state index in [2.05, 4.69) is 58.6 Å². The molecule has 1 saturated heterocycles. The highest BCUT2D eigenvalue weighted by Crippen LogP contribution is 2.34. The van der Waals surface area contributed by atoms with Gasteiger partial charge < -0.3 is 24.9 Å². The van der Waals surface area contributed by atoms with E-state index in [4.69, 9.17) is 4.98 Å². The summed E-state index contributed by atoms with van der Waals surface area (Å²) in [5.41, 5.74) is 2.29. The van der Waals surface area contributed by atoms with Gasteiger partial charge in [-0.15, -0.1) is 0 Å². The molecule has 0 bridgehead atoms. The molecule has 1 fully saturated rings. The van der Waals surface area contributed by atoms with Crippen LogP contribution >= 0.6 is 0 Å². The normalized spacial score (nSPS) is 18.8. The zero-order valence-electron chi connectivity index (χ0n) is 21.6. The van der Waals surface area contributed by atoms with Crippen molar-refractivity contribution in [3.63, 3.8) is 0 Å². The molecule has 4 rings (SSSR count). The van der Waals surface area contributed by atoms with Gasteiger partial charge in [-0.1, -0.05) is 0 Å². The number of nitrogens with zero attached hydrogens (tertiary/aromatic N) is 3. The predicted octanol–water partition coefficient (Wildman–Crippen LogP) is 4.21. The highest BCUT2D eigenvalue weighted by molar-refractivity contribution is 7.92. The van der Waals surface area contributed by atoms with Crippen LogP contribution in [-0.2, 0) is 14.8 Å². The van der Waals surface area contributed by atoms with E-state index < -0.39 is 10.0 Å². The number of rotatable bonds is 8. The molecule has 36 heavy (non-hydrogen) atoms. The van der Waals surface area contributed by atoms with Crippen LogP contribution in [0.15, 0.2) is 42.6 Å². The first-order valence-corrected chi connectivity index (χ1v) is 14.2. The number of aldehydes is 1. The van der Waals surface area contributed by atoms with Gasteiger partial charge in [0.2, 0.25) is 10.0 Å². The minimum atomic E-state index is -3.36. The van der Waals surface area contributed by atoms with Gasteiger partial charge in [-0.3, -0.25) is 4.72 Å². The van der Waals surface area contributed by atoms with Crippen molar-refractivity contribution in [2.45, 2.75) is 58.2 Å². The average Bonchev–Trinajstić information content (AvgIpc) is 3.21. The Labute approximate surface area is 213 Å². The van der Waals surface area contributed by atoms with Gasteiger partial charge >= 0.3 is 0 Å². The third-order valence-corrected chi connectivity index (χ3v) is 6.95. The molecule has 0 radical (unpaired) electrons. The van der Waals surface area contributed by atoms with Gasteiger partial charge in [-0.25, -0.2) is 13.4 Å². The number of nitrogens with one attached hydrogen (secondary N) is 3. The Balaban J connectivity index is 1.56. The van der Waals surface area contributed by atoms with E-state index in [1.165, 1.54) is 0 Å². The lowest BCUT2D eigenvalue weighted by Gasteiger charge is -2.43. The average molecular weight is 513 g/mol. The van der Waals surface area contributed by atoms with Crippen LogP contribution in [0.3, 0.4) is 0 Å². The van der Waals surface area contributed by atoms with Gasteiger partial charge in [0.15, 0.2) is 5.82 Å². The second-order valence-electron chi connectivity index (χ2n) is 10.4. The third kappa shape index (κ3) is 5.92. The topological polar surface area (TPSA) is 110 Å². The number of sulfonamides is 1. The summed E-state index contributed by atoms with van der Waals surface area (Å²) in [6.45, 7) is 10.00. The van der Waals surface area contributed by atoms with E-state index in [0.29, 0.717) is 18.7 Å². The Morgan fingerprint density at radius 2 is 2.03 bits per heavy atom. The van der Waals surface area contributed by atoms with Crippen molar-refractivity contribution in [1.29, 1.82) is 0 Å². The van der Waals surface area contributed by atoms with Crippen molar-refractivity contribution < 1.29 is 13.2 Å². The highest BCUT2D eigenvalue weighted by atomic mass is 32.2. The summed E-state index contributed by atoms with van der Waals surface area (Å²) < 4.78 is 25.7. The summed E-state index contributed by atoms with van der Waals surface area (Å²) in [7, 11) is -3.36. The summed E-state index contributed by atoms with van der Waals surface area (Å²) in [4.78, 5) is 24.7. The van der Waals surface area contributed by atoms with Crippen LogP contribution in [0.5, 0.6) is 0 Å². The van der Waals surface area contributed by atoms with Gasteiger partial charge in [-0.2, -0.15) is 0 Å². The van der Waals surface area contributed by atoms with Crippen molar-refractivity contribution in [3.8, 4) is 0 Å². The van der Waals surface area contributed by atoms with Gasteiger partial charge in [-0.05, 0) is 76.9 Å². The van der Waals surface area contributed by atoms with Crippen LogP contribution in [0.1, 0.15) is 40.5 Å². The minimum absolute atomic E-state index is 0.0990. The van der Waals surface area contributed by atoms with Crippen molar-refractivity contribution in [3.05, 3.63) is 42.6 Å². The SMILES string of the molecule is CCN(c1ncccc1NC(C)(C)C)C1CCN(c2cc3cc(NS(C)(=O)=O)ccc3[nH]2)C(C=O)C1. The fraction of sp³-hybridized carbons (Fsp3) is 0.462. The molecule has 0 spiro atoms. The maximum Gasteiger partial charge on any atom is 0.229 e. The van der Waals surface area contributed by atoms with Crippen LogP contribution in [0, 0.1) is 0 Å². The lowest BCUT2D eigenvalue weighted by Crippen LogP contribution is -2.51. The molecule has 0 aliphatic carbocycles. The monoisotopic (exact) mass is 512 g/mol. The first kappa shape index (κ1) is 25.8. The second kappa shape index (κ2) is 10.0. The summed E-state index contributed by atoms with van der Waals surface area (Å²) in [5, 5.41) is 4.45. The molecular formula is C26H36N6O3S. The number of aromatic amines is 1. The molecule has 2 aromatic heterocycles. The Bertz CT molecular complexity index is 1330. The number of benzene rings is 1. The molecule has 0 saturated carbocycles. The van der Waals surface area contributed by atoms with E-state index in [1.807, 2.05) is 24.4 Å². The van der Waals surface area contributed by atoms with Gasteiger partial charge in [0.25, 0.3) is 0 Å². The summed E-state index contributed by atoms with van der Waals surface area (Å²) in [5.74, 6) is 1.77. The quantitative estimate of drug-likeness (QED) is 0.388. The fourth-order valence-corrected chi connectivity index (χ4v) is 5.50. The molecule has 1 aromatic carbocycles.